The lowest BCUT2D eigenvalue weighted by molar-refractivity contribution is 0.669. The predicted octanol–water partition coefficient (Wildman–Crippen LogP) is 4.11. The fraction of sp³-hybridized carbons (Fsp3) is 0.0556. The van der Waals surface area contributed by atoms with Crippen molar-refractivity contribution >= 4 is 45.6 Å². The molecule has 0 aliphatic heterocycles. The van der Waals surface area contributed by atoms with Crippen LogP contribution in [0.4, 0.5) is 23.0 Å². The van der Waals surface area contributed by atoms with Gasteiger partial charge in [0, 0.05) is 10.6 Å². The van der Waals surface area contributed by atoms with Crippen molar-refractivity contribution in [3.8, 4) is 0 Å². The number of pyridine rings is 1. The normalized spacial score (nSPS) is 11.4. The summed E-state index contributed by atoms with van der Waals surface area (Å²) in [5.74, 6) is 0.504. The van der Waals surface area contributed by atoms with E-state index in [2.05, 4.69) is 25.5 Å². The topological polar surface area (TPSA) is 120 Å². The highest BCUT2D eigenvalue weighted by Crippen LogP contribution is 2.30. The van der Waals surface area contributed by atoms with E-state index in [-0.39, 0.29) is 5.82 Å². The Hall–Kier alpha value is -3.52. The molecule has 134 valence electrons. The molecule has 27 heavy (non-hydrogen) atoms. The molecule has 2 aromatic carbocycles. The van der Waals surface area contributed by atoms with Crippen molar-refractivity contribution in [2.45, 2.75) is 6.54 Å². The minimum absolute atomic E-state index is 0.201. The van der Waals surface area contributed by atoms with Gasteiger partial charge in [0.25, 0.3) is 0 Å². The highest BCUT2D eigenvalue weighted by molar-refractivity contribution is 6.30. The maximum atomic E-state index is 6.04. The van der Waals surface area contributed by atoms with Crippen molar-refractivity contribution in [1.82, 2.24) is 20.0 Å². The van der Waals surface area contributed by atoms with Gasteiger partial charge in [0.1, 0.15) is 17.0 Å². The molecule has 0 saturated heterocycles. The number of fused-ring (bicyclic) bond motifs is 1. The summed E-state index contributed by atoms with van der Waals surface area (Å²) < 4.78 is 1.75. The fourth-order valence-electron chi connectivity index (χ4n) is 2.68. The van der Waals surface area contributed by atoms with Gasteiger partial charge >= 0.3 is 0 Å². The Bertz CT molecular complexity index is 1130. The summed E-state index contributed by atoms with van der Waals surface area (Å²) in [7, 11) is 0. The molecule has 0 bridgehead atoms. The van der Waals surface area contributed by atoms with Gasteiger partial charge in [-0.05, 0) is 42.5 Å². The van der Waals surface area contributed by atoms with E-state index >= 15 is 0 Å². The monoisotopic (exact) mass is 378 g/mol. The second-order valence-electron chi connectivity index (χ2n) is 5.85. The van der Waals surface area contributed by atoms with Crippen molar-refractivity contribution in [2.75, 3.05) is 11.5 Å². The van der Waals surface area contributed by atoms with E-state index in [0.29, 0.717) is 28.8 Å². The standard InChI is InChI=1S/C18H15ClN8/c19-12-5-7-13(8-6-12)23-25-17-11(9-16(20)22-18(17)21)10-27-15-4-2-1-3-14(15)24-26-27/h1-9H,10H2,(H4,20,21,22)/b25-23+. The SMILES string of the molecule is Nc1cc(Cn2nnc3ccccc32)c(/N=N/c2ccc(Cl)cc2)c(N)n1. The van der Waals surface area contributed by atoms with Gasteiger partial charge in [-0.25, -0.2) is 9.67 Å². The summed E-state index contributed by atoms with van der Waals surface area (Å²) in [5.41, 5.74) is 15.4. The molecule has 2 heterocycles. The van der Waals surface area contributed by atoms with Crippen molar-refractivity contribution in [3.05, 3.63) is 65.2 Å². The van der Waals surface area contributed by atoms with E-state index in [1.54, 1.807) is 35.0 Å². The Labute approximate surface area is 159 Å². The fourth-order valence-corrected chi connectivity index (χ4v) is 2.81. The highest BCUT2D eigenvalue weighted by Gasteiger charge is 2.13. The largest absolute Gasteiger partial charge is 0.384 e. The molecule has 0 aliphatic carbocycles. The smallest absolute Gasteiger partial charge is 0.154 e. The van der Waals surface area contributed by atoms with E-state index < -0.39 is 0 Å². The van der Waals surface area contributed by atoms with E-state index in [9.17, 15) is 0 Å². The van der Waals surface area contributed by atoms with Crippen LogP contribution >= 0.6 is 11.6 Å². The zero-order valence-electron chi connectivity index (χ0n) is 14.1. The van der Waals surface area contributed by atoms with Crippen LogP contribution in [0.1, 0.15) is 5.56 Å². The Balaban J connectivity index is 1.73. The van der Waals surface area contributed by atoms with Crippen molar-refractivity contribution in [1.29, 1.82) is 0 Å². The van der Waals surface area contributed by atoms with Gasteiger partial charge in [0.05, 0.1) is 17.7 Å². The molecular formula is C18H15ClN8. The molecule has 8 nitrogen and oxygen atoms in total. The third kappa shape index (κ3) is 3.56. The number of hydrogen-bond donors (Lipinski definition) is 2. The molecule has 9 heteroatoms. The molecule has 4 aromatic rings. The quantitative estimate of drug-likeness (QED) is 0.517. The number of benzene rings is 2. The van der Waals surface area contributed by atoms with Crippen LogP contribution < -0.4 is 11.5 Å². The van der Waals surface area contributed by atoms with E-state index in [0.717, 1.165) is 16.6 Å². The van der Waals surface area contributed by atoms with Crippen LogP contribution in [0.3, 0.4) is 0 Å². The van der Waals surface area contributed by atoms with E-state index in [1.807, 2.05) is 24.3 Å². The predicted molar refractivity (Wildman–Crippen MR) is 105 cm³/mol. The average molecular weight is 379 g/mol. The molecule has 0 radical (unpaired) electrons. The third-order valence-electron chi connectivity index (χ3n) is 3.95. The zero-order valence-corrected chi connectivity index (χ0v) is 14.9. The number of nitrogens with two attached hydrogens (primary N) is 2. The number of nitrogen functional groups attached to an aromatic ring is 2. The summed E-state index contributed by atoms with van der Waals surface area (Å²) in [6.45, 7) is 0.381. The first-order valence-electron chi connectivity index (χ1n) is 8.10. The first-order valence-corrected chi connectivity index (χ1v) is 8.48. The number of anilines is 2. The Morgan fingerprint density at radius 1 is 1.00 bits per heavy atom. The van der Waals surface area contributed by atoms with Crippen molar-refractivity contribution in [3.63, 3.8) is 0 Å². The van der Waals surface area contributed by atoms with Gasteiger partial charge in [0.2, 0.25) is 0 Å². The number of nitrogens with zero attached hydrogens (tertiary/aromatic N) is 6. The summed E-state index contributed by atoms with van der Waals surface area (Å²) in [4.78, 5) is 4.09. The van der Waals surface area contributed by atoms with Gasteiger partial charge in [-0.3, -0.25) is 0 Å². The third-order valence-corrected chi connectivity index (χ3v) is 4.20. The Kier molecular flexibility index (Phi) is 4.39. The Morgan fingerprint density at radius 3 is 2.59 bits per heavy atom. The zero-order chi connectivity index (χ0) is 18.8. The molecule has 4 N–H and O–H groups in total. The summed E-state index contributed by atoms with van der Waals surface area (Å²) in [6.07, 6.45) is 0. The maximum Gasteiger partial charge on any atom is 0.154 e. The molecule has 0 saturated carbocycles. The molecule has 0 spiro atoms. The van der Waals surface area contributed by atoms with Gasteiger partial charge < -0.3 is 11.5 Å². The lowest BCUT2D eigenvalue weighted by atomic mass is 10.2. The highest BCUT2D eigenvalue weighted by atomic mass is 35.5. The number of hydrogen-bond acceptors (Lipinski definition) is 7. The lowest BCUT2D eigenvalue weighted by Gasteiger charge is -2.09. The number of azo groups is 1. The van der Waals surface area contributed by atoms with Crippen LogP contribution in [0.5, 0.6) is 0 Å². The molecular weight excluding hydrogens is 364 g/mol. The van der Waals surface area contributed by atoms with Crippen LogP contribution in [0.25, 0.3) is 11.0 Å². The minimum Gasteiger partial charge on any atom is -0.384 e. The molecule has 0 fully saturated rings. The van der Waals surface area contributed by atoms with E-state index in [4.69, 9.17) is 23.1 Å². The van der Waals surface area contributed by atoms with Crippen LogP contribution in [0.2, 0.25) is 5.02 Å². The summed E-state index contributed by atoms with van der Waals surface area (Å²) in [6, 6.07) is 16.4. The second-order valence-corrected chi connectivity index (χ2v) is 6.29. The molecule has 0 atom stereocenters. The second kappa shape index (κ2) is 7.00. The Morgan fingerprint density at radius 2 is 1.78 bits per heavy atom. The van der Waals surface area contributed by atoms with Crippen molar-refractivity contribution < 1.29 is 0 Å². The van der Waals surface area contributed by atoms with E-state index in [1.165, 1.54) is 0 Å². The van der Waals surface area contributed by atoms with Gasteiger partial charge in [-0.15, -0.1) is 10.2 Å². The van der Waals surface area contributed by atoms with Crippen LogP contribution in [-0.4, -0.2) is 20.0 Å². The first kappa shape index (κ1) is 16.9. The van der Waals surface area contributed by atoms with Gasteiger partial charge in [-0.1, -0.05) is 28.9 Å². The summed E-state index contributed by atoms with van der Waals surface area (Å²) in [5, 5.41) is 17.5. The van der Waals surface area contributed by atoms with Crippen LogP contribution in [0, 0.1) is 0 Å². The average Bonchev–Trinajstić information content (AvgIpc) is 3.05. The summed E-state index contributed by atoms with van der Waals surface area (Å²) >= 11 is 5.89. The minimum atomic E-state index is 0.201. The van der Waals surface area contributed by atoms with Crippen LogP contribution in [-0.2, 0) is 6.54 Å². The van der Waals surface area contributed by atoms with Gasteiger partial charge in [0.15, 0.2) is 5.82 Å². The first-order chi connectivity index (χ1) is 13.1. The van der Waals surface area contributed by atoms with Gasteiger partial charge in [-0.2, -0.15) is 5.11 Å². The number of para-hydroxylation sites is 1. The number of aromatic nitrogens is 4. The molecule has 4 rings (SSSR count). The number of rotatable bonds is 4. The van der Waals surface area contributed by atoms with Crippen LogP contribution in [0.15, 0.2) is 64.8 Å². The molecule has 2 aromatic heterocycles. The lowest BCUT2D eigenvalue weighted by Crippen LogP contribution is -2.06. The molecule has 0 aliphatic rings. The number of halogens is 1. The maximum absolute atomic E-state index is 6.04. The molecule has 0 unspecified atom stereocenters. The molecule has 0 amide bonds. The van der Waals surface area contributed by atoms with Crippen molar-refractivity contribution in [2.24, 2.45) is 10.2 Å².